The Labute approximate surface area is 86.4 Å². The van der Waals surface area contributed by atoms with Gasteiger partial charge in [0.25, 0.3) is 0 Å². The van der Waals surface area contributed by atoms with E-state index in [-0.39, 0.29) is 11.6 Å². The average molecular weight is 212 g/mol. The first kappa shape index (κ1) is 11.2. The lowest BCUT2D eigenvalue weighted by Crippen LogP contribution is -2.30. The van der Waals surface area contributed by atoms with Crippen LogP contribution < -0.4 is 0 Å². The lowest BCUT2D eigenvalue weighted by Gasteiger charge is -2.16. The second-order valence-corrected chi connectivity index (χ2v) is 3.34. The second kappa shape index (κ2) is 4.07. The monoisotopic (exact) mass is 212 g/mol. The first-order valence-electron chi connectivity index (χ1n) is 4.33. The van der Waals surface area contributed by atoms with E-state index in [1.165, 1.54) is 15.8 Å². The van der Waals surface area contributed by atoms with Crippen molar-refractivity contribution in [3.63, 3.8) is 0 Å². The topological polar surface area (TPSA) is 81.3 Å². The lowest BCUT2D eigenvalue weighted by molar-refractivity contribution is -0.385. The van der Waals surface area contributed by atoms with E-state index in [0.29, 0.717) is 0 Å². The van der Waals surface area contributed by atoms with Crippen LogP contribution in [0.3, 0.4) is 0 Å². The molecule has 0 saturated carbocycles. The molecule has 0 radical (unpaired) electrons. The largest absolute Gasteiger partial charge is 0.347 e. The summed E-state index contributed by atoms with van der Waals surface area (Å²) in [5, 5.41) is 14.2. The van der Waals surface area contributed by atoms with E-state index < -0.39 is 11.0 Å². The zero-order chi connectivity index (χ0) is 11.6. The number of nitrogens with zero attached hydrogens (tertiary/aromatic N) is 4. The quantitative estimate of drug-likeness (QED) is 0.537. The molecular weight excluding hydrogens is 200 g/mol. The van der Waals surface area contributed by atoms with Crippen molar-refractivity contribution in [2.45, 2.75) is 13.0 Å². The zero-order valence-corrected chi connectivity index (χ0v) is 8.75. The summed E-state index contributed by atoms with van der Waals surface area (Å²) in [5.41, 5.74) is -0.117. The molecule has 0 spiro atoms. The van der Waals surface area contributed by atoms with Gasteiger partial charge in [-0.3, -0.25) is 19.6 Å². The standard InChI is InChI=1S/C8H12N4O3/c1-6(8(13)10(2)3)11-5-7(4-9-11)12(14)15/h4-6H,1-3H3. The minimum absolute atomic E-state index is 0.117. The molecule has 0 aliphatic rings. The summed E-state index contributed by atoms with van der Waals surface area (Å²) in [6.07, 6.45) is 2.37. The van der Waals surface area contributed by atoms with Crippen molar-refractivity contribution in [3.8, 4) is 0 Å². The molecule has 1 atom stereocenters. The summed E-state index contributed by atoms with van der Waals surface area (Å²) in [7, 11) is 3.24. The minimum atomic E-state index is -0.545. The van der Waals surface area contributed by atoms with Crippen molar-refractivity contribution < 1.29 is 9.72 Å². The van der Waals surface area contributed by atoms with Crippen LogP contribution in [0.2, 0.25) is 0 Å². The van der Waals surface area contributed by atoms with Gasteiger partial charge in [-0.05, 0) is 6.92 Å². The number of rotatable bonds is 3. The van der Waals surface area contributed by atoms with E-state index in [2.05, 4.69) is 5.10 Å². The molecule has 7 heteroatoms. The molecule has 0 aliphatic carbocycles. The van der Waals surface area contributed by atoms with Crippen molar-refractivity contribution >= 4 is 11.6 Å². The summed E-state index contributed by atoms with van der Waals surface area (Å²) in [5.74, 6) is -0.159. The van der Waals surface area contributed by atoms with Gasteiger partial charge in [-0.25, -0.2) is 0 Å². The highest BCUT2D eigenvalue weighted by Gasteiger charge is 2.19. The third-order valence-corrected chi connectivity index (χ3v) is 1.99. The normalized spacial score (nSPS) is 12.2. The maximum Gasteiger partial charge on any atom is 0.307 e. The van der Waals surface area contributed by atoms with Crippen LogP contribution in [0.15, 0.2) is 12.4 Å². The van der Waals surface area contributed by atoms with Crippen LogP contribution in [0.4, 0.5) is 5.69 Å². The Kier molecular flexibility index (Phi) is 3.03. The van der Waals surface area contributed by atoms with Crippen LogP contribution in [0.1, 0.15) is 13.0 Å². The number of hydrogen-bond donors (Lipinski definition) is 0. The molecule has 0 saturated heterocycles. The van der Waals surface area contributed by atoms with E-state index in [0.717, 1.165) is 6.20 Å². The van der Waals surface area contributed by atoms with E-state index in [1.807, 2.05) is 0 Å². The number of aromatic nitrogens is 2. The maximum absolute atomic E-state index is 11.5. The summed E-state index contributed by atoms with van der Waals surface area (Å²) < 4.78 is 1.28. The van der Waals surface area contributed by atoms with Crippen LogP contribution in [-0.2, 0) is 4.79 Å². The SMILES string of the molecule is CC(C(=O)N(C)C)n1cc([N+](=O)[O-])cn1. The Morgan fingerprint density at radius 2 is 2.27 bits per heavy atom. The molecule has 0 aliphatic heterocycles. The molecule has 82 valence electrons. The van der Waals surface area contributed by atoms with Gasteiger partial charge in [0.15, 0.2) is 0 Å². The van der Waals surface area contributed by atoms with Gasteiger partial charge < -0.3 is 4.90 Å². The molecule has 0 bridgehead atoms. The molecule has 1 heterocycles. The number of nitro groups is 1. The Hall–Kier alpha value is -1.92. The van der Waals surface area contributed by atoms with Gasteiger partial charge in [0.05, 0.1) is 4.92 Å². The summed E-state index contributed by atoms with van der Waals surface area (Å²) in [6.45, 7) is 1.64. The Balaban J connectivity index is 2.87. The number of carbonyl (C=O) groups excluding carboxylic acids is 1. The number of likely N-dealkylation sites (N-methyl/N-ethyl adjacent to an activating group) is 1. The number of amides is 1. The van der Waals surface area contributed by atoms with Gasteiger partial charge in [-0.15, -0.1) is 0 Å². The van der Waals surface area contributed by atoms with Crippen molar-refractivity contribution in [2.75, 3.05) is 14.1 Å². The first-order chi connectivity index (χ1) is 6.93. The highest BCUT2D eigenvalue weighted by Crippen LogP contribution is 2.13. The average Bonchev–Trinajstić information content (AvgIpc) is 2.64. The minimum Gasteiger partial charge on any atom is -0.347 e. The van der Waals surface area contributed by atoms with Crippen LogP contribution in [0.5, 0.6) is 0 Å². The molecular formula is C8H12N4O3. The fourth-order valence-corrected chi connectivity index (χ4v) is 1.12. The number of carbonyl (C=O) groups is 1. The Morgan fingerprint density at radius 1 is 1.67 bits per heavy atom. The molecule has 1 rings (SSSR count). The smallest absolute Gasteiger partial charge is 0.307 e. The van der Waals surface area contributed by atoms with Crippen LogP contribution in [0.25, 0.3) is 0 Å². The molecule has 15 heavy (non-hydrogen) atoms. The van der Waals surface area contributed by atoms with Gasteiger partial charge in [0.1, 0.15) is 18.4 Å². The first-order valence-corrected chi connectivity index (χ1v) is 4.33. The molecule has 0 fully saturated rings. The molecule has 0 aromatic carbocycles. The third kappa shape index (κ3) is 2.30. The predicted octanol–water partition coefficient (Wildman–Crippen LogP) is 0.440. The van der Waals surface area contributed by atoms with Crippen LogP contribution in [0, 0.1) is 10.1 Å². The van der Waals surface area contributed by atoms with Gasteiger partial charge >= 0.3 is 5.69 Å². The Bertz CT molecular complexity index is 385. The highest BCUT2D eigenvalue weighted by molar-refractivity contribution is 5.79. The third-order valence-electron chi connectivity index (χ3n) is 1.99. The van der Waals surface area contributed by atoms with Crippen molar-refractivity contribution in [3.05, 3.63) is 22.5 Å². The molecule has 7 nitrogen and oxygen atoms in total. The molecule has 1 aromatic rings. The summed E-state index contributed by atoms with van der Waals surface area (Å²) in [4.78, 5) is 22.8. The van der Waals surface area contributed by atoms with Crippen molar-refractivity contribution in [2.24, 2.45) is 0 Å². The van der Waals surface area contributed by atoms with Crippen molar-refractivity contribution in [1.82, 2.24) is 14.7 Å². The molecule has 1 unspecified atom stereocenters. The van der Waals surface area contributed by atoms with Crippen molar-refractivity contribution in [1.29, 1.82) is 0 Å². The van der Waals surface area contributed by atoms with E-state index >= 15 is 0 Å². The zero-order valence-electron chi connectivity index (χ0n) is 8.75. The summed E-state index contributed by atoms with van der Waals surface area (Å²) >= 11 is 0. The van der Waals surface area contributed by atoms with E-state index in [1.54, 1.807) is 21.0 Å². The maximum atomic E-state index is 11.5. The lowest BCUT2D eigenvalue weighted by atomic mass is 10.3. The van der Waals surface area contributed by atoms with E-state index in [4.69, 9.17) is 0 Å². The van der Waals surface area contributed by atoms with Crippen LogP contribution >= 0.6 is 0 Å². The Morgan fingerprint density at radius 3 is 2.67 bits per heavy atom. The molecule has 0 N–H and O–H groups in total. The predicted molar refractivity (Wildman–Crippen MR) is 52.3 cm³/mol. The van der Waals surface area contributed by atoms with Gasteiger partial charge in [0.2, 0.25) is 5.91 Å². The van der Waals surface area contributed by atoms with Gasteiger partial charge in [0, 0.05) is 14.1 Å². The second-order valence-electron chi connectivity index (χ2n) is 3.34. The van der Waals surface area contributed by atoms with E-state index in [9.17, 15) is 14.9 Å². The number of hydrogen-bond acceptors (Lipinski definition) is 4. The fraction of sp³-hybridized carbons (Fsp3) is 0.500. The highest BCUT2D eigenvalue weighted by atomic mass is 16.6. The molecule has 1 amide bonds. The van der Waals surface area contributed by atoms with Gasteiger partial charge in [-0.2, -0.15) is 5.10 Å². The fourth-order valence-electron chi connectivity index (χ4n) is 1.12. The summed E-state index contributed by atoms with van der Waals surface area (Å²) in [6, 6.07) is -0.534. The van der Waals surface area contributed by atoms with Crippen LogP contribution in [-0.4, -0.2) is 39.6 Å². The molecule has 1 aromatic heterocycles. The van der Waals surface area contributed by atoms with Gasteiger partial charge in [-0.1, -0.05) is 0 Å².